The summed E-state index contributed by atoms with van der Waals surface area (Å²) in [6, 6.07) is 8.64. The molecule has 0 radical (unpaired) electrons. The number of nitrogens with one attached hydrogen (secondary N) is 1. The third-order valence-corrected chi connectivity index (χ3v) is 5.60. The summed E-state index contributed by atoms with van der Waals surface area (Å²) in [5.41, 5.74) is 10.3. The lowest BCUT2D eigenvalue weighted by atomic mass is 10.1. The summed E-state index contributed by atoms with van der Waals surface area (Å²) in [5.74, 6) is 0.579. The van der Waals surface area contributed by atoms with Gasteiger partial charge in [-0.05, 0) is 37.0 Å². The fraction of sp³-hybridized carbons (Fsp3) is 0.381. The first kappa shape index (κ1) is 19.6. The lowest BCUT2D eigenvalue weighted by Crippen LogP contribution is -2.21. The first-order valence-corrected chi connectivity index (χ1v) is 10.4. The van der Waals surface area contributed by atoms with Gasteiger partial charge in [-0.15, -0.1) is 5.10 Å². The molecule has 3 N–H and O–H groups in total. The molecule has 1 aliphatic rings. The van der Waals surface area contributed by atoms with Gasteiger partial charge in [0.1, 0.15) is 0 Å². The second-order valence-corrected chi connectivity index (χ2v) is 7.85. The summed E-state index contributed by atoms with van der Waals surface area (Å²) >= 11 is 0. The molecule has 0 amide bonds. The van der Waals surface area contributed by atoms with Gasteiger partial charge in [-0.3, -0.25) is 4.68 Å². The number of benzene rings is 1. The monoisotopic (exact) mass is 419 g/mol. The highest BCUT2D eigenvalue weighted by molar-refractivity contribution is 5.72. The summed E-state index contributed by atoms with van der Waals surface area (Å²) < 4.78 is 8.71. The van der Waals surface area contributed by atoms with Crippen LogP contribution >= 0.6 is 0 Å². The molecule has 31 heavy (non-hydrogen) atoms. The van der Waals surface area contributed by atoms with Crippen LogP contribution in [0.25, 0.3) is 28.0 Å². The molecular weight excluding hydrogens is 394 g/mol. The van der Waals surface area contributed by atoms with Gasteiger partial charge in [0, 0.05) is 31.0 Å². The van der Waals surface area contributed by atoms with E-state index < -0.39 is 0 Å². The third-order valence-electron chi connectivity index (χ3n) is 5.60. The zero-order valence-electron chi connectivity index (χ0n) is 17.3. The van der Waals surface area contributed by atoms with Gasteiger partial charge in [0.05, 0.1) is 31.2 Å². The van der Waals surface area contributed by atoms with Gasteiger partial charge in [0.25, 0.3) is 0 Å². The van der Waals surface area contributed by atoms with Crippen molar-refractivity contribution in [2.75, 3.05) is 19.0 Å². The fourth-order valence-electron chi connectivity index (χ4n) is 3.92. The maximum Gasteiger partial charge on any atom is 0.225 e. The molecular formula is C21H25N9O. The van der Waals surface area contributed by atoms with Crippen LogP contribution in [0.4, 0.5) is 5.95 Å². The topological polar surface area (TPSA) is 122 Å². The van der Waals surface area contributed by atoms with Crippen molar-refractivity contribution >= 4 is 17.1 Å². The van der Waals surface area contributed by atoms with Crippen LogP contribution in [-0.2, 0) is 11.3 Å². The second-order valence-electron chi connectivity index (χ2n) is 7.85. The van der Waals surface area contributed by atoms with E-state index in [0.717, 1.165) is 42.6 Å². The van der Waals surface area contributed by atoms with Crippen LogP contribution in [0.15, 0.2) is 42.9 Å². The number of rotatable bonds is 7. The maximum atomic E-state index is 6.01. The number of fused-ring (bicyclic) bond motifs is 1. The molecule has 1 fully saturated rings. The molecule has 160 valence electrons. The molecule has 1 aromatic carbocycles. The minimum absolute atomic E-state index is 0.249. The molecule has 0 bridgehead atoms. The molecule has 3 heterocycles. The molecule has 0 saturated heterocycles. The largest absolute Gasteiger partial charge is 0.383 e. The second kappa shape index (κ2) is 8.40. The number of nitrogens with zero attached hydrogens (tertiary/aromatic N) is 7. The van der Waals surface area contributed by atoms with Crippen molar-refractivity contribution in [2.24, 2.45) is 5.73 Å². The molecule has 1 saturated carbocycles. The Labute approximate surface area is 179 Å². The van der Waals surface area contributed by atoms with Crippen LogP contribution in [-0.4, -0.2) is 60.5 Å². The van der Waals surface area contributed by atoms with Gasteiger partial charge in [0.2, 0.25) is 5.95 Å². The van der Waals surface area contributed by atoms with Crippen LogP contribution in [0.1, 0.15) is 19.3 Å². The molecule has 2 atom stereocenters. The maximum absolute atomic E-state index is 6.01. The van der Waals surface area contributed by atoms with Gasteiger partial charge in [-0.25, -0.2) is 4.98 Å². The van der Waals surface area contributed by atoms with Gasteiger partial charge in [-0.2, -0.15) is 14.8 Å². The highest BCUT2D eigenvalue weighted by atomic mass is 16.5. The zero-order valence-corrected chi connectivity index (χ0v) is 17.3. The predicted octanol–water partition coefficient (Wildman–Crippen LogP) is 2.01. The van der Waals surface area contributed by atoms with Crippen molar-refractivity contribution in [3.63, 3.8) is 0 Å². The zero-order chi connectivity index (χ0) is 21.2. The van der Waals surface area contributed by atoms with Crippen LogP contribution in [0.2, 0.25) is 0 Å². The van der Waals surface area contributed by atoms with Crippen molar-refractivity contribution < 1.29 is 4.74 Å². The molecule has 2 unspecified atom stereocenters. The summed E-state index contributed by atoms with van der Waals surface area (Å²) in [7, 11) is 1.69. The van der Waals surface area contributed by atoms with Gasteiger partial charge in [-0.1, -0.05) is 17.3 Å². The van der Waals surface area contributed by atoms with E-state index in [0.29, 0.717) is 29.8 Å². The van der Waals surface area contributed by atoms with Gasteiger partial charge in [0.15, 0.2) is 11.2 Å². The number of ether oxygens (including phenoxy) is 1. The van der Waals surface area contributed by atoms with Crippen molar-refractivity contribution in [3.05, 3.63) is 42.9 Å². The first-order valence-electron chi connectivity index (χ1n) is 10.4. The molecule has 0 spiro atoms. The van der Waals surface area contributed by atoms with Crippen molar-refractivity contribution in [3.8, 4) is 16.8 Å². The van der Waals surface area contributed by atoms with E-state index in [1.165, 1.54) is 0 Å². The third kappa shape index (κ3) is 4.12. The SMILES string of the molecule is COCCn1cc(-c2ccc(-n3nnc4cnc(NC5CCC(N)C5)nc43)cc2)cn1. The summed E-state index contributed by atoms with van der Waals surface area (Å²) in [6.45, 7) is 1.36. The molecule has 4 aromatic rings. The van der Waals surface area contributed by atoms with E-state index in [1.807, 2.05) is 41.3 Å². The van der Waals surface area contributed by atoms with Gasteiger partial charge >= 0.3 is 0 Å². The molecule has 10 nitrogen and oxygen atoms in total. The minimum Gasteiger partial charge on any atom is -0.383 e. The average Bonchev–Trinajstić information content (AvgIpc) is 3.52. The number of nitrogens with two attached hydrogens (primary N) is 1. The van der Waals surface area contributed by atoms with Crippen LogP contribution in [0.3, 0.4) is 0 Å². The molecule has 3 aromatic heterocycles. The average molecular weight is 419 g/mol. The Hall–Kier alpha value is -3.37. The van der Waals surface area contributed by atoms with Crippen molar-refractivity contribution in [1.82, 2.24) is 34.7 Å². The van der Waals surface area contributed by atoms with Crippen molar-refractivity contribution in [1.29, 1.82) is 0 Å². The normalized spacial score (nSPS) is 18.6. The Morgan fingerprint density at radius 2 is 2.03 bits per heavy atom. The molecule has 0 aliphatic heterocycles. The van der Waals surface area contributed by atoms with E-state index >= 15 is 0 Å². The Morgan fingerprint density at radius 1 is 1.16 bits per heavy atom. The standard InChI is InChI=1S/C21H25N9O/c1-31-9-8-29-13-15(11-24-29)14-2-6-18(7-3-14)30-20-19(27-28-30)12-23-21(26-20)25-17-5-4-16(22)10-17/h2-3,6-7,11-13,16-17H,4-5,8-10,22H2,1H3,(H,23,25,26). The van der Waals surface area contributed by atoms with Gasteiger partial charge < -0.3 is 15.8 Å². The van der Waals surface area contributed by atoms with E-state index in [9.17, 15) is 0 Å². The van der Waals surface area contributed by atoms with E-state index in [4.69, 9.17) is 10.5 Å². The summed E-state index contributed by atoms with van der Waals surface area (Å²) in [6.07, 6.45) is 8.56. The predicted molar refractivity (Wildman–Crippen MR) is 117 cm³/mol. The Bertz CT molecular complexity index is 1170. The number of hydrogen-bond donors (Lipinski definition) is 2. The number of anilines is 1. The van der Waals surface area contributed by atoms with Crippen molar-refractivity contribution in [2.45, 2.75) is 37.9 Å². The Balaban J connectivity index is 1.37. The number of aromatic nitrogens is 7. The molecule has 5 rings (SSSR count). The smallest absolute Gasteiger partial charge is 0.225 e. The van der Waals surface area contributed by atoms with Crippen LogP contribution in [0, 0.1) is 0 Å². The lowest BCUT2D eigenvalue weighted by Gasteiger charge is -2.12. The Morgan fingerprint density at radius 3 is 2.81 bits per heavy atom. The lowest BCUT2D eigenvalue weighted by molar-refractivity contribution is 0.183. The number of hydrogen-bond acceptors (Lipinski definition) is 8. The molecule has 10 heteroatoms. The first-order chi connectivity index (χ1) is 15.2. The summed E-state index contributed by atoms with van der Waals surface area (Å²) in [5, 5.41) is 16.3. The quantitative estimate of drug-likeness (QED) is 0.467. The van der Waals surface area contributed by atoms with E-state index in [1.54, 1.807) is 18.0 Å². The molecule has 1 aliphatic carbocycles. The fourth-order valence-corrected chi connectivity index (χ4v) is 3.92. The highest BCUT2D eigenvalue weighted by Crippen LogP contribution is 2.23. The van der Waals surface area contributed by atoms with E-state index in [-0.39, 0.29) is 6.04 Å². The minimum atomic E-state index is 0.249. The summed E-state index contributed by atoms with van der Waals surface area (Å²) in [4.78, 5) is 9.04. The van der Waals surface area contributed by atoms with Crippen LogP contribution < -0.4 is 11.1 Å². The Kier molecular flexibility index (Phi) is 5.31. The van der Waals surface area contributed by atoms with Crippen LogP contribution in [0.5, 0.6) is 0 Å². The van der Waals surface area contributed by atoms with E-state index in [2.05, 4.69) is 30.7 Å². The number of methoxy groups -OCH3 is 1. The highest BCUT2D eigenvalue weighted by Gasteiger charge is 2.22.